The molecule has 0 aliphatic carbocycles. The summed E-state index contributed by atoms with van der Waals surface area (Å²) in [5.41, 5.74) is 6.90. The van der Waals surface area contributed by atoms with Crippen molar-refractivity contribution in [1.82, 2.24) is 0 Å². The average Bonchev–Trinajstić information content (AvgIpc) is 2.34. The molecule has 0 spiro atoms. The zero-order valence-corrected chi connectivity index (χ0v) is 11.3. The largest absolute Gasteiger partial charge is 0.379 e. The Kier molecular flexibility index (Phi) is 5.72. The molecule has 4 heteroatoms. The molecule has 1 aromatic rings. The minimum absolute atomic E-state index is 0.190. The molecular weight excluding hydrogens is 233 g/mol. The van der Waals surface area contributed by atoms with E-state index in [4.69, 9.17) is 15.2 Å². The Labute approximate surface area is 108 Å². The maximum atomic E-state index is 13.2. The molecule has 0 aromatic heterocycles. The van der Waals surface area contributed by atoms with Gasteiger partial charge in [0.25, 0.3) is 0 Å². The predicted molar refractivity (Wildman–Crippen MR) is 69.7 cm³/mol. The van der Waals surface area contributed by atoms with Gasteiger partial charge in [0.1, 0.15) is 5.82 Å². The molecule has 18 heavy (non-hydrogen) atoms. The third-order valence-corrected chi connectivity index (χ3v) is 2.92. The first-order valence-corrected chi connectivity index (χ1v) is 6.08. The van der Waals surface area contributed by atoms with Crippen LogP contribution in [0.4, 0.5) is 4.39 Å². The second kappa shape index (κ2) is 6.83. The summed E-state index contributed by atoms with van der Waals surface area (Å²) in [6.07, 6.45) is 0.794. The van der Waals surface area contributed by atoms with Crippen molar-refractivity contribution >= 4 is 0 Å². The van der Waals surface area contributed by atoms with Crippen LogP contribution in [-0.4, -0.2) is 19.3 Å². The molecular formula is C14H22FNO2. The van der Waals surface area contributed by atoms with E-state index in [0.717, 1.165) is 17.5 Å². The topological polar surface area (TPSA) is 44.5 Å². The third kappa shape index (κ3) is 5.12. The number of nitrogens with two attached hydrogens (primary N) is 1. The molecule has 0 heterocycles. The molecule has 0 saturated heterocycles. The van der Waals surface area contributed by atoms with Crippen molar-refractivity contribution < 1.29 is 13.9 Å². The lowest BCUT2D eigenvalue weighted by atomic mass is 10.1. The van der Waals surface area contributed by atoms with Gasteiger partial charge in [-0.05, 0) is 43.5 Å². The zero-order chi connectivity index (χ0) is 13.6. The van der Waals surface area contributed by atoms with Crippen LogP contribution in [0.5, 0.6) is 0 Å². The van der Waals surface area contributed by atoms with Gasteiger partial charge in [-0.2, -0.15) is 0 Å². The van der Waals surface area contributed by atoms with Crippen LogP contribution in [0.3, 0.4) is 0 Å². The second-order valence-electron chi connectivity index (χ2n) is 4.94. The van der Waals surface area contributed by atoms with E-state index in [1.54, 1.807) is 7.11 Å². The molecule has 0 radical (unpaired) electrons. The lowest BCUT2D eigenvalue weighted by molar-refractivity contribution is -0.0124. The first-order chi connectivity index (χ1) is 8.46. The van der Waals surface area contributed by atoms with E-state index in [1.807, 2.05) is 19.9 Å². The summed E-state index contributed by atoms with van der Waals surface area (Å²) < 4.78 is 24.1. The minimum Gasteiger partial charge on any atom is -0.379 e. The van der Waals surface area contributed by atoms with Crippen LogP contribution in [0.15, 0.2) is 18.2 Å². The normalized spacial score (nSPS) is 11.8. The number of hydrogen-bond acceptors (Lipinski definition) is 3. The maximum absolute atomic E-state index is 13.2. The Hall–Kier alpha value is -0.970. The van der Waals surface area contributed by atoms with Crippen LogP contribution in [0.25, 0.3) is 0 Å². The Morgan fingerprint density at radius 2 is 1.89 bits per heavy atom. The van der Waals surface area contributed by atoms with Crippen LogP contribution in [-0.2, 0) is 22.6 Å². The van der Waals surface area contributed by atoms with Gasteiger partial charge < -0.3 is 15.2 Å². The van der Waals surface area contributed by atoms with Crippen LogP contribution in [0.1, 0.15) is 31.4 Å². The summed E-state index contributed by atoms with van der Waals surface area (Å²) in [5, 5.41) is 0. The Morgan fingerprint density at radius 1 is 1.22 bits per heavy atom. The molecule has 0 saturated carbocycles. The van der Waals surface area contributed by atoms with E-state index in [9.17, 15) is 4.39 Å². The van der Waals surface area contributed by atoms with Crippen molar-refractivity contribution in [3.8, 4) is 0 Å². The van der Waals surface area contributed by atoms with E-state index in [1.165, 1.54) is 12.1 Å². The zero-order valence-electron chi connectivity index (χ0n) is 11.3. The summed E-state index contributed by atoms with van der Waals surface area (Å²) in [6, 6.07) is 4.78. The molecule has 102 valence electrons. The van der Waals surface area contributed by atoms with Crippen LogP contribution in [0.2, 0.25) is 0 Å². The van der Waals surface area contributed by atoms with Crippen molar-refractivity contribution in [1.29, 1.82) is 0 Å². The summed E-state index contributed by atoms with van der Waals surface area (Å²) in [4.78, 5) is 0. The molecule has 1 rings (SSSR count). The molecule has 1 aromatic carbocycles. The fourth-order valence-electron chi connectivity index (χ4n) is 1.53. The van der Waals surface area contributed by atoms with Gasteiger partial charge in [0.05, 0.1) is 12.2 Å². The van der Waals surface area contributed by atoms with Gasteiger partial charge in [-0.3, -0.25) is 0 Å². The molecule has 0 unspecified atom stereocenters. The SMILES string of the molecule is COC(C)(C)CCOCc1cc(F)cc(CN)c1. The lowest BCUT2D eigenvalue weighted by Gasteiger charge is -2.22. The molecule has 2 N–H and O–H groups in total. The van der Waals surface area contributed by atoms with E-state index in [2.05, 4.69) is 0 Å². The molecule has 0 aliphatic rings. The van der Waals surface area contributed by atoms with Crippen molar-refractivity contribution in [3.05, 3.63) is 35.1 Å². The Morgan fingerprint density at radius 3 is 2.50 bits per heavy atom. The van der Waals surface area contributed by atoms with Gasteiger partial charge in [0.2, 0.25) is 0 Å². The van der Waals surface area contributed by atoms with Crippen molar-refractivity contribution in [3.63, 3.8) is 0 Å². The molecule has 0 amide bonds. The van der Waals surface area contributed by atoms with E-state index >= 15 is 0 Å². The van der Waals surface area contributed by atoms with Gasteiger partial charge in [0.15, 0.2) is 0 Å². The van der Waals surface area contributed by atoms with E-state index < -0.39 is 0 Å². The van der Waals surface area contributed by atoms with Gasteiger partial charge >= 0.3 is 0 Å². The third-order valence-electron chi connectivity index (χ3n) is 2.92. The second-order valence-corrected chi connectivity index (χ2v) is 4.94. The van der Waals surface area contributed by atoms with Gasteiger partial charge in [-0.15, -0.1) is 0 Å². The highest BCUT2D eigenvalue weighted by molar-refractivity contribution is 5.24. The highest BCUT2D eigenvalue weighted by Gasteiger charge is 2.15. The fraction of sp³-hybridized carbons (Fsp3) is 0.571. The van der Waals surface area contributed by atoms with Gasteiger partial charge in [-0.1, -0.05) is 6.07 Å². The fourth-order valence-corrected chi connectivity index (χ4v) is 1.53. The van der Waals surface area contributed by atoms with Crippen molar-refractivity contribution in [2.75, 3.05) is 13.7 Å². The van der Waals surface area contributed by atoms with Crippen LogP contribution in [0, 0.1) is 5.82 Å². The summed E-state index contributed by atoms with van der Waals surface area (Å²) in [7, 11) is 1.68. The first-order valence-electron chi connectivity index (χ1n) is 6.08. The smallest absolute Gasteiger partial charge is 0.123 e. The summed E-state index contributed by atoms with van der Waals surface area (Å²) in [5.74, 6) is -0.270. The molecule has 0 atom stereocenters. The Balaban J connectivity index is 2.42. The molecule has 0 bridgehead atoms. The maximum Gasteiger partial charge on any atom is 0.123 e. The van der Waals surface area contributed by atoms with E-state index in [-0.39, 0.29) is 11.4 Å². The standard InChI is InChI=1S/C14H22FNO2/c1-14(2,17-3)4-5-18-10-12-6-11(9-16)7-13(15)8-12/h6-8H,4-5,9-10,16H2,1-3H3. The van der Waals surface area contributed by atoms with Gasteiger partial charge in [-0.25, -0.2) is 4.39 Å². The van der Waals surface area contributed by atoms with Crippen molar-refractivity contribution in [2.45, 2.75) is 39.0 Å². The molecule has 3 nitrogen and oxygen atoms in total. The molecule has 0 fully saturated rings. The van der Waals surface area contributed by atoms with Gasteiger partial charge in [0, 0.05) is 20.3 Å². The Bertz CT molecular complexity index is 380. The van der Waals surface area contributed by atoms with E-state index in [0.29, 0.717) is 19.8 Å². The molecule has 0 aliphatic heterocycles. The quantitative estimate of drug-likeness (QED) is 0.762. The number of methoxy groups -OCH3 is 1. The minimum atomic E-state index is -0.270. The predicted octanol–water partition coefficient (Wildman–Crippen LogP) is 2.62. The van der Waals surface area contributed by atoms with Crippen molar-refractivity contribution in [2.24, 2.45) is 5.73 Å². The number of halogens is 1. The average molecular weight is 255 g/mol. The van der Waals surface area contributed by atoms with Crippen LogP contribution >= 0.6 is 0 Å². The monoisotopic (exact) mass is 255 g/mol. The summed E-state index contributed by atoms with van der Waals surface area (Å²) >= 11 is 0. The number of hydrogen-bond donors (Lipinski definition) is 1. The first kappa shape index (κ1) is 15.1. The lowest BCUT2D eigenvalue weighted by Crippen LogP contribution is -2.24. The highest BCUT2D eigenvalue weighted by Crippen LogP contribution is 2.14. The number of rotatable bonds is 7. The highest BCUT2D eigenvalue weighted by atomic mass is 19.1. The number of benzene rings is 1. The number of ether oxygens (including phenoxy) is 2. The van der Waals surface area contributed by atoms with Crippen LogP contribution < -0.4 is 5.73 Å². The summed E-state index contributed by atoms with van der Waals surface area (Å²) in [6.45, 7) is 5.32.